The predicted octanol–water partition coefficient (Wildman–Crippen LogP) is 5.27. The highest BCUT2D eigenvalue weighted by Gasteiger charge is 2.38. The Labute approximate surface area is 443 Å². The first-order valence-electron chi connectivity index (χ1n) is 24.6. The molecule has 2 unspecified atom stereocenters. The van der Waals surface area contributed by atoms with Crippen molar-refractivity contribution in [2.24, 2.45) is 5.73 Å². The summed E-state index contributed by atoms with van der Waals surface area (Å²) in [6, 6.07) is 10.4. The van der Waals surface area contributed by atoms with Crippen molar-refractivity contribution >= 4 is 95.3 Å². The molecule has 8 heterocycles. The van der Waals surface area contributed by atoms with E-state index >= 15 is 4.79 Å². The zero-order valence-corrected chi connectivity index (χ0v) is 44.8. The number of hydrogen-bond acceptors (Lipinski definition) is 16. The van der Waals surface area contributed by atoms with Crippen LogP contribution in [0, 0.1) is 13.8 Å². The highest BCUT2D eigenvalue weighted by atomic mass is 35.5. The Hall–Kier alpha value is -6.31. The molecule has 4 aromatic heterocycles. The molecule has 0 aliphatic carbocycles. The number of esters is 1. The zero-order chi connectivity index (χ0) is 53.1. The van der Waals surface area contributed by atoms with Crippen LogP contribution in [0.15, 0.2) is 54.9 Å². The first-order valence-corrected chi connectivity index (χ1v) is 29.2. The van der Waals surface area contributed by atoms with Gasteiger partial charge in [-0.2, -0.15) is 10.2 Å². The summed E-state index contributed by atoms with van der Waals surface area (Å²) in [7, 11) is -7.52. The third-order valence-corrected chi connectivity index (χ3v) is 15.7. The van der Waals surface area contributed by atoms with Crippen molar-refractivity contribution in [2.45, 2.75) is 83.3 Å². The number of carbonyl (C=O) groups excluding carboxylic acids is 3. The van der Waals surface area contributed by atoms with Gasteiger partial charge in [0.1, 0.15) is 17.7 Å². The molecule has 0 saturated carbocycles. The second kappa shape index (κ2) is 20.7. The minimum atomic E-state index is -3.84. The van der Waals surface area contributed by atoms with Crippen LogP contribution >= 0.6 is 23.2 Å². The highest BCUT2D eigenvalue weighted by Crippen LogP contribution is 2.39. The summed E-state index contributed by atoms with van der Waals surface area (Å²) >= 11 is 13.2. The van der Waals surface area contributed by atoms with E-state index in [4.69, 9.17) is 58.6 Å². The normalized spacial score (nSPS) is 18.8. The Kier molecular flexibility index (Phi) is 14.4. The molecule has 2 atom stereocenters. The smallest absolute Gasteiger partial charge is 0.320 e. The molecule has 398 valence electrons. The average Bonchev–Trinajstić information content (AvgIpc) is 3.96. The first-order chi connectivity index (χ1) is 35.7. The summed E-state index contributed by atoms with van der Waals surface area (Å²) in [6.45, 7) is 6.29. The maximum Gasteiger partial charge on any atom is 0.320 e. The topological polar surface area (TPSA) is 261 Å². The number of hydrogen-bond donors (Lipinski definition) is 3. The number of amides is 2. The fraction of sp³-hybridized carbons (Fsp3) is 0.449. The number of nitrogens with one attached hydrogen (secondary N) is 2. The van der Waals surface area contributed by atoms with Gasteiger partial charge in [0.05, 0.1) is 90.8 Å². The number of sulfonamides is 2. The van der Waals surface area contributed by atoms with Crippen LogP contribution in [0.1, 0.15) is 99.4 Å². The average molecular weight is 1110 g/mol. The minimum absolute atomic E-state index is 0.0826. The van der Waals surface area contributed by atoms with E-state index in [-0.39, 0.29) is 58.8 Å². The van der Waals surface area contributed by atoms with E-state index in [0.717, 1.165) is 61.0 Å². The number of piperidine rings is 2. The number of aromatic nitrogens is 6. The maximum atomic E-state index is 15.1. The van der Waals surface area contributed by atoms with E-state index in [2.05, 4.69) is 14.3 Å². The van der Waals surface area contributed by atoms with Crippen LogP contribution in [0.3, 0.4) is 0 Å². The molecule has 22 nitrogen and oxygen atoms in total. The van der Waals surface area contributed by atoms with Crippen molar-refractivity contribution in [3.05, 3.63) is 104 Å². The molecule has 26 heteroatoms. The molecule has 2 aromatic carbocycles. The van der Waals surface area contributed by atoms with E-state index in [1.165, 1.54) is 24.3 Å². The summed E-state index contributed by atoms with van der Waals surface area (Å²) in [5.41, 5.74) is 10.4. The van der Waals surface area contributed by atoms with E-state index in [0.29, 0.717) is 85.4 Å². The fourth-order valence-electron chi connectivity index (χ4n) is 10.4. The van der Waals surface area contributed by atoms with Crippen molar-refractivity contribution in [1.82, 2.24) is 39.0 Å². The maximum absolute atomic E-state index is 15.1. The molecule has 4 N–H and O–H groups in total. The lowest BCUT2D eigenvalue weighted by Gasteiger charge is -2.40. The molecule has 0 radical (unpaired) electrons. The van der Waals surface area contributed by atoms with Crippen LogP contribution in [-0.4, -0.2) is 144 Å². The Morgan fingerprint density at radius 2 is 1.23 bits per heavy atom. The summed E-state index contributed by atoms with van der Waals surface area (Å²) in [5.74, 6) is 0.210. The number of benzene rings is 2. The van der Waals surface area contributed by atoms with Gasteiger partial charge >= 0.3 is 5.97 Å². The number of carbonyl (C=O) groups is 3. The number of likely N-dealkylation sites (tertiary alicyclic amines) is 2. The molecule has 4 aliphatic rings. The lowest BCUT2D eigenvalue weighted by molar-refractivity contribution is -0.148. The number of nitrogens with zero attached hydrogens (tertiary/aromatic N) is 10. The molecule has 4 fully saturated rings. The van der Waals surface area contributed by atoms with Crippen molar-refractivity contribution in [3.8, 4) is 0 Å². The number of halogens is 2. The van der Waals surface area contributed by atoms with Gasteiger partial charge in [-0.05, 0) is 82.7 Å². The van der Waals surface area contributed by atoms with Crippen LogP contribution in [-0.2, 0) is 40.9 Å². The van der Waals surface area contributed by atoms with E-state index in [9.17, 15) is 26.4 Å². The Bertz CT molecular complexity index is 3470. The van der Waals surface area contributed by atoms with Crippen LogP contribution in [0.2, 0.25) is 10.0 Å². The van der Waals surface area contributed by atoms with Gasteiger partial charge in [0.25, 0.3) is 11.8 Å². The minimum Gasteiger partial charge on any atom is -0.458 e. The molecule has 4 aliphatic heterocycles. The van der Waals surface area contributed by atoms with Crippen LogP contribution in [0.25, 0.3) is 11.3 Å². The second-order valence-corrected chi connectivity index (χ2v) is 24.0. The quantitative estimate of drug-likeness (QED) is 0.111. The molecular formula is C49H57Cl2N13O9S2. The Balaban J connectivity index is 0.849. The monoisotopic (exact) mass is 1110 g/mol. The summed E-state index contributed by atoms with van der Waals surface area (Å²) in [4.78, 5) is 58.4. The SMILES string of the molecule is Cc1cn2nc(C3CCCCN3C(=O)c3cc(Cl)ccc3NS(C)(=O)=O)cc2nc1N1CC(OCc2c(Cl)ccc(NS(C)(=O)=O)c2C(=O)N2CCCCC2c2cc3nc(N4CC(OC(=O)CN)C4)c(C)cn3n2)C1. The number of ether oxygens (including phenoxy) is 2. The number of nitrogens with two attached hydrogens (primary N) is 1. The number of fused-ring (bicyclic) bond motifs is 2. The van der Waals surface area contributed by atoms with Crippen molar-refractivity contribution in [3.63, 3.8) is 0 Å². The largest absolute Gasteiger partial charge is 0.458 e. The molecule has 6 aromatic rings. The van der Waals surface area contributed by atoms with Gasteiger partial charge in [0, 0.05) is 77.4 Å². The highest BCUT2D eigenvalue weighted by molar-refractivity contribution is 7.92. The molecule has 10 rings (SSSR count). The number of aryl methyl sites for hydroxylation is 2. The van der Waals surface area contributed by atoms with Crippen molar-refractivity contribution < 1.29 is 40.7 Å². The Morgan fingerprint density at radius 3 is 1.77 bits per heavy atom. The predicted molar refractivity (Wildman–Crippen MR) is 282 cm³/mol. The van der Waals surface area contributed by atoms with Crippen LogP contribution in [0.4, 0.5) is 23.0 Å². The lowest BCUT2D eigenvalue weighted by atomic mass is 9.96. The Morgan fingerprint density at radius 1 is 0.707 bits per heavy atom. The van der Waals surface area contributed by atoms with Gasteiger partial charge in [-0.25, -0.2) is 35.8 Å². The number of rotatable bonds is 15. The molecular weight excluding hydrogens is 1050 g/mol. The van der Waals surface area contributed by atoms with Crippen LogP contribution in [0.5, 0.6) is 0 Å². The third kappa shape index (κ3) is 11.0. The lowest BCUT2D eigenvalue weighted by Crippen LogP contribution is -2.54. The molecule has 0 spiro atoms. The second-order valence-electron chi connectivity index (χ2n) is 19.7. The van der Waals surface area contributed by atoms with Crippen molar-refractivity contribution in [2.75, 3.05) is 77.6 Å². The standard InChI is InChI=1S/C49H57Cl2N13O9S2/c1-28-21-63-42(18-38(55-63)40-9-5-7-15-61(40)48(66)33-17-30(50)11-13-36(33)57-74(3,68)69)53-46(28)59-23-31(24-59)72-27-34-35(51)12-14-37(58-75(4,70)71)45(34)49(67)62-16-8-6-10-41(62)39-19-43-54-47(29(2)22-64(43)56-39)60-25-32(26-60)73-44(65)20-52/h11-14,17-19,21-22,31-32,40-41,57-58H,5-10,15-16,20,23-27,52H2,1-4H3. The van der Waals surface area contributed by atoms with Gasteiger partial charge in [-0.1, -0.05) is 23.2 Å². The molecule has 4 saturated heterocycles. The van der Waals surface area contributed by atoms with E-state index in [1.54, 1.807) is 24.9 Å². The zero-order valence-electron chi connectivity index (χ0n) is 41.7. The van der Waals surface area contributed by atoms with Gasteiger partial charge in [0.2, 0.25) is 20.0 Å². The summed E-state index contributed by atoms with van der Waals surface area (Å²) < 4.78 is 70.1. The first kappa shape index (κ1) is 52.1. The molecule has 75 heavy (non-hydrogen) atoms. The van der Waals surface area contributed by atoms with E-state index in [1.807, 2.05) is 43.3 Å². The van der Waals surface area contributed by atoms with Gasteiger partial charge < -0.3 is 34.8 Å². The number of anilines is 4. The summed E-state index contributed by atoms with van der Waals surface area (Å²) in [6.07, 6.45) is 9.67. The molecule has 2 amide bonds. The molecule has 0 bridgehead atoms. The van der Waals surface area contributed by atoms with Gasteiger partial charge in [0.15, 0.2) is 11.3 Å². The van der Waals surface area contributed by atoms with E-state index < -0.39 is 44.0 Å². The third-order valence-electron chi connectivity index (χ3n) is 14.0. The fourth-order valence-corrected chi connectivity index (χ4v) is 11.9. The van der Waals surface area contributed by atoms with Crippen molar-refractivity contribution in [1.29, 1.82) is 0 Å². The van der Waals surface area contributed by atoms with Crippen LogP contribution < -0.4 is 25.0 Å². The summed E-state index contributed by atoms with van der Waals surface area (Å²) in [5, 5.41) is 10.3. The van der Waals surface area contributed by atoms with Gasteiger partial charge in [-0.3, -0.25) is 23.8 Å². The van der Waals surface area contributed by atoms with Gasteiger partial charge in [-0.15, -0.1) is 0 Å².